The maximum Gasteiger partial charge on any atom is 0.0772 e. The zero-order valence-corrected chi connectivity index (χ0v) is 16.9. The molecule has 1 N–H and O–H groups in total. The van der Waals surface area contributed by atoms with Crippen LogP contribution in [0.3, 0.4) is 0 Å². The first kappa shape index (κ1) is 18.4. The summed E-state index contributed by atoms with van der Waals surface area (Å²) >= 11 is 3.49. The Kier molecular flexibility index (Phi) is 6.03. The first-order valence-corrected chi connectivity index (χ1v) is 10.3. The summed E-state index contributed by atoms with van der Waals surface area (Å²) in [6, 6.07) is 27.9. The minimum atomic E-state index is 0.188. The highest BCUT2D eigenvalue weighted by Gasteiger charge is 2.27. The van der Waals surface area contributed by atoms with Crippen LogP contribution in [0.15, 0.2) is 83.3 Å². The van der Waals surface area contributed by atoms with E-state index in [1.54, 1.807) is 0 Å². The van der Waals surface area contributed by atoms with E-state index in [1.165, 1.54) is 22.3 Å². The van der Waals surface area contributed by atoms with Crippen LogP contribution in [0.2, 0.25) is 0 Å². The Morgan fingerprint density at radius 2 is 1.67 bits per heavy atom. The van der Waals surface area contributed by atoms with E-state index in [0.717, 1.165) is 24.0 Å². The summed E-state index contributed by atoms with van der Waals surface area (Å²) in [6.45, 7) is 2.59. The van der Waals surface area contributed by atoms with Crippen molar-refractivity contribution >= 4 is 15.9 Å². The van der Waals surface area contributed by atoms with Crippen LogP contribution >= 0.6 is 15.9 Å². The molecule has 3 aromatic rings. The summed E-state index contributed by atoms with van der Waals surface area (Å²) in [7, 11) is 0. The van der Waals surface area contributed by atoms with E-state index in [-0.39, 0.29) is 6.10 Å². The second-order valence-corrected chi connectivity index (χ2v) is 7.98. The molecule has 1 fully saturated rings. The van der Waals surface area contributed by atoms with Crippen LogP contribution in [0.5, 0.6) is 0 Å². The predicted molar refractivity (Wildman–Crippen MR) is 115 cm³/mol. The van der Waals surface area contributed by atoms with Crippen molar-refractivity contribution in [1.29, 1.82) is 0 Å². The fourth-order valence-corrected chi connectivity index (χ4v) is 4.01. The molecule has 0 aliphatic carbocycles. The molecule has 0 amide bonds. The molecular formula is C24H24BrNO. The van der Waals surface area contributed by atoms with Crippen molar-refractivity contribution in [2.24, 2.45) is 0 Å². The zero-order chi connectivity index (χ0) is 18.5. The molecule has 3 aromatic carbocycles. The lowest BCUT2D eigenvalue weighted by atomic mass is 9.86. The van der Waals surface area contributed by atoms with E-state index in [1.807, 2.05) is 0 Å². The molecule has 0 aromatic heterocycles. The van der Waals surface area contributed by atoms with Crippen molar-refractivity contribution in [2.45, 2.75) is 25.0 Å². The maximum absolute atomic E-state index is 6.34. The second kappa shape index (κ2) is 8.83. The van der Waals surface area contributed by atoms with Gasteiger partial charge in [0.15, 0.2) is 0 Å². The van der Waals surface area contributed by atoms with E-state index in [9.17, 15) is 0 Å². The van der Waals surface area contributed by atoms with Gasteiger partial charge in [0.05, 0.1) is 12.7 Å². The van der Waals surface area contributed by atoms with Gasteiger partial charge in [-0.2, -0.15) is 0 Å². The number of benzene rings is 3. The Bertz CT molecular complexity index is 863. The van der Waals surface area contributed by atoms with E-state index in [4.69, 9.17) is 4.74 Å². The molecule has 1 aliphatic rings. The van der Waals surface area contributed by atoms with Gasteiger partial charge in [-0.25, -0.2) is 0 Å². The van der Waals surface area contributed by atoms with Gasteiger partial charge in [-0.1, -0.05) is 82.7 Å². The first-order chi connectivity index (χ1) is 13.3. The van der Waals surface area contributed by atoms with E-state index >= 15 is 0 Å². The van der Waals surface area contributed by atoms with Gasteiger partial charge in [0.25, 0.3) is 0 Å². The lowest BCUT2D eigenvalue weighted by Crippen LogP contribution is -2.40. The second-order valence-electron chi connectivity index (χ2n) is 7.07. The summed E-state index contributed by atoms with van der Waals surface area (Å²) in [6.07, 6.45) is 1.29. The molecule has 138 valence electrons. The average Bonchev–Trinajstić information content (AvgIpc) is 2.74. The van der Waals surface area contributed by atoms with Crippen LogP contribution < -0.4 is 5.32 Å². The molecule has 0 saturated carbocycles. The van der Waals surface area contributed by atoms with Crippen LogP contribution in [-0.2, 0) is 11.3 Å². The number of piperidine rings is 1. The van der Waals surface area contributed by atoms with Crippen LogP contribution in [0.4, 0.5) is 0 Å². The highest BCUT2D eigenvalue weighted by Crippen LogP contribution is 2.31. The van der Waals surface area contributed by atoms with E-state index in [2.05, 4.69) is 100 Å². The van der Waals surface area contributed by atoms with Crippen LogP contribution in [0.1, 0.15) is 23.5 Å². The topological polar surface area (TPSA) is 21.3 Å². The van der Waals surface area contributed by atoms with Gasteiger partial charge >= 0.3 is 0 Å². The first-order valence-electron chi connectivity index (χ1n) is 9.52. The lowest BCUT2D eigenvalue weighted by molar-refractivity contribution is 0.0106. The number of hydrogen-bond acceptors (Lipinski definition) is 2. The summed E-state index contributed by atoms with van der Waals surface area (Å²) in [5.41, 5.74) is 5.12. The van der Waals surface area contributed by atoms with Gasteiger partial charge in [-0.15, -0.1) is 0 Å². The van der Waals surface area contributed by atoms with Crippen molar-refractivity contribution in [3.8, 4) is 11.1 Å². The molecule has 0 bridgehead atoms. The SMILES string of the molecule is Brc1ccc(COC2CNCCC2c2cccc(-c3ccccc3)c2)cc1. The van der Waals surface area contributed by atoms with Crippen molar-refractivity contribution in [3.05, 3.63) is 94.5 Å². The predicted octanol–water partition coefficient (Wildman–Crippen LogP) is 5.78. The molecule has 3 heteroatoms. The van der Waals surface area contributed by atoms with Gasteiger partial charge in [-0.05, 0) is 47.4 Å². The Labute approximate surface area is 169 Å². The van der Waals surface area contributed by atoms with Gasteiger partial charge in [0.2, 0.25) is 0 Å². The number of hydrogen-bond donors (Lipinski definition) is 1. The lowest BCUT2D eigenvalue weighted by Gasteiger charge is -2.33. The monoisotopic (exact) mass is 421 g/mol. The van der Waals surface area contributed by atoms with Gasteiger partial charge in [0, 0.05) is 16.9 Å². The minimum absolute atomic E-state index is 0.188. The fraction of sp³-hybridized carbons (Fsp3) is 0.250. The van der Waals surface area contributed by atoms with Gasteiger partial charge < -0.3 is 10.1 Å². The standard InChI is InChI=1S/C24H24BrNO/c25-22-11-9-18(10-12-22)17-27-24-16-26-14-13-23(24)21-8-4-7-20(15-21)19-5-2-1-3-6-19/h1-12,15,23-24,26H,13-14,16-17H2. The number of rotatable bonds is 5. The minimum Gasteiger partial charge on any atom is -0.372 e. The summed E-state index contributed by atoms with van der Waals surface area (Å²) < 4.78 is 7.44. The largest absolute Gasteiger partial charge is 0.372 e. The quantitative estimate of drug-likeness (QED) is 0.563. The molecule has 27 heavy (non-hydrogen) atoms. The van der Waals surface area contributed by atoms with Crippen molar-refractivity contribution in [3.63, 3.8) is 0 Å². The Balaban J connectivity index is 1.51. The molecule has 1 heterocycles. The third-order valence-corrected chi connectivity index (χ3v) is 5.75. The van der Waals surface area contributed by atoms with Crippen LogP contribution in [0, 0.1) is 0 Å². The summed E-state index contributed by atoms with van der Waals surface area (Å²) in [5, 5.41) is 3.49. The molecule has 1 saturated heterocycles. The van der Waals surface area contributed by atoms with E-state index in [0.29, 0.717) is 12.5 Å². The van der Waals surface area contributed by atoms with Crippen molar-refractivity contribution in [1.82, 2.24) is 5.32 Å². The number of nitrogens with one attached hydrogen (secondary N) is 1. The normalized spacial score (nSPS) is 19.7. The molecule has 2 atom stereocenters. The third kappa shape index (κ3) is 4.67. The molecule has 2 nitrogen and oxygen atoms in total. The Morgan fingerprint density at radius 1 is 0.889 bits per heavy atom. The highest BCUT2D eigenvalue weighted by molar-refractivity contribution is 9.10. The van der Waals surface area contributed by atoms with Crippen LogP contribution in [0.25, 0.3) is 11.1 Å². The zero-order valence-electron chi connectivity index (χ0n) is 15.3. The smallest absolute Gasteiger partial charge is 0.0772 e. The molecule has 4 rings (SSSR count). The van der Waals surface area contributed by atoms with Gasteiger partial charge in [-0.3, -0.25) is 0 Å². The summed E-state index contributed by atoms with van der Waals surface area (Å²) in [5.74, 6) is 0.422. The Hall–Kier alpha value is -1.94. The molecule has 2 unspecified atom stereocenters. The van der Waals surface area contributed by atoms with Crippen LogP contribution in [-0.4, -0.2) is 19.2 Å². The summed E-state index contributed by atoms with van der Waals surface area (Å²) in [4.78, 5) is 0. The number of ether oxygens (including phenoxy) is 1. The highest BCUT2D eigenvalue weighted by atomic mass is 79.9. The van der Waals surface area contributed by atoms with E-state index < -0.39 is 0 Å². The third-order valence-electron chi connectivity index (χ3n) is 5.23. The fourth-order valence-electron chi connectivity index (χ4n) is 3.75. The van der Waals surface area contributed by atoms with Gasteiger partial charge in [0.1, 0.15) is 0 Å². The van der Waals surface area contributed by atoms with Crippen molar-refractivity contribution < 1.29 is 4.74 Å². The van der Waals surface area contributed by atoms with Crippen molar-refractivity contribution in [2.75, 3.05) is 13.1 Å². The Morgan fingerprint density at radius 3 is 2.48 bits per heavy atom. The number of halogens is 1. The molecule has 0 spiro atoms. The molecule has 0 radical (unpaired) electrons. The average molecular weight is 422 g/mol. The maximum atomic E-state index is 6.34. The molecule has 1 aliphatic heterocycles. The molecular weight excluding hydrogens is 398 g/mol.